The molecule has 7 heteroatoms. The number of likely N-dealkylation sites (tertiary alicyclic amines) is 2. The molecule has 0 saturated carbocycles. The minimum absolute atomic E-state index is 0.0150. The quantitative estimate of drug-likeness (QED) is 0.859. The smallest absolute Gasteiger partial charge is 0.335 e. The number of hydrogen-bond acceptors (Lipinski definition) is 2. The van der Waals surface area contributed by atoms with E-state index in [1.54, 1.807) is 0 Å². The van der Waals surface area contributed by atoms with Crippen LogP contribution in [-0.2, 0) is 0 Å². The van der Waals surface area contributed by atoms with Gasteiger partial charge in [-0.15, -0.1) is 0 Å². The Kier molecular flexibility index (Phi) is 5.48. The minimum Gasteiger partial charge on any atom is -0.335 e. The average molecular weight is 335 g/mol. The summed E-state index contributed by atoms with van der Waals surface area (Å²) in [4.78, 5) is 16.2. The second kappa shape index (κ2) is 6.87. The molecule has 0 bridgehead atoms. The zero-order valence-corrected chi connectivity index (χ0v) is 14.2. The second-order valence-corrected chi connectivity index (χ2v) is 7.25. The fourth-order valence-corrected chi connectivity index (χ4v) is 3.88. The zero-order valence-electron chi connectivity index (χ0n) is 14.2. The molecule has 0 radical (unpaired) electrons. The Morgan fingerprint density at radius 2 is 1.78 bits per heavy atom. The first-order valence-corrected chi connectivity index (χ1v) is 8.53. The number of nitrogens with zero attached hydrogens (tertiary/aromatic N) is 2. The normalized spacial score (nSPS) is 26.5. The summed E-state index contributed by atoms with van der Waals surface area (Å²) in [5.74, 6) is -1.45. The number of carbonyl (C=O) groups excluding carboxylic acids is 1. The van der Waals surface area contributed by atoms with E-state index in [1.807, 2.05) is 0 Å². The summed E-state index contributed by atoms with van der Waals surface area (Å²) >= 11 is 0. The van der Waals surface area contributed by atoms with Crippen LogP contribution in [0.1, 0.15) is 46.5 Å². The van der Waals surface area contributed by atoms with E-state index in [2.05, 4.69) is 17.1 Å². The fraction of sp³-hybridized carbons (Fsp3) is 0.938. The van der Waals surface area contributed by atoms with Crippen LogP contribution < -0.4 is 5.32 Å². The summed E-state index contributed by atoms with van der Waals surface area (Å²) in [7, 11) is 0. The number of carbonyl (C=O) groups is 1. The number of piperidine rings is 1. The van der Waals surface area contributed by atoms with Crippen LogP contribution in [0.5, 0.6) is 0 Å². The molecule has 23 heavy (non-hydrogen) atoms. The van der Waals surface area contributed by atoms with Gasteiger partial charge in [-0.25, -0.2) is 4.79 Å². The molecule has 0 spiro atoms. The third kappa shape index (κ3) is 4.11. The summed E-state index contributed by atoms with van der Waals surface area (Å²) < 4.78 is 39.3. The molecule has 2 aliphatic rings. The van der Waals surface area contributed by atoms with Crippen LogP contribution in [0, 0.1) is 5.92 Å². The summed E-state index contributed by atoms with van der Waals surface area (Å²) in [6.07, 6.45) is -1.44. The van der Waals surface area contributed by atoms with Crippen molar-refractivity contribution < 1.29 is 18.0 Å². The topological polar surface area (TPSA) is 35.6 Å². The Bertz CT molecular complexity index is 417. The van der Waals surface area contributed by atoms with Crippen LogP contribution in [0.15, 0.2) is 0 Å². The van der Waals surface area contributed by atoms with Gasteiger partial charge >= 0.3 is 12.2 Å². The molecular weight excluding hydrogens is 307 g/mol. The fourth-order valence-electron chi connectivity index (χ4n) is 3.88. The van der Waals surface area contributed by atoms with E-state index < -0.39 is 17.6 Å². The number of hydrogen-bond donors (Lipinski definition) is 1. The lowest BCUT2D eigenvalue weighted by molar-refractivity contribution is -0.189. The van der Waals surface area contributed by atoms with Crippen molar-refractivity contribution in [2.24, 2.45) is 5.92 Å². The molecule has 1 atom stereocenters. The predicted molar refractivity (Wildman–Crippen MR) is 83.2 cm³/mol. The summed E-state index contributed by atoms with van der Waals surface area (Å²) in [6, 6.07) is -0.285. The molecule has 2 amide bonds. The van der Waals surface area contributed by atoms with E-state index in [9.17, 15) is 18.0 Å². The van der Waals surface area contributed by atoms with Gasteiger partial charge in [-0.2, -0.15) is 13.2 Å². The van der Waals surface area contributed by atoms with Crippen LogP contribution in [-0.4, -0.2) is 59.8 Å². The number of halogens is 3. The highest BCUT2D eigenvalue weighted by Gasteiger charge is 2.56. The van der Waals surface area contributed by atoms with Crippen molar-refractivity contribution in [1.29, 1.82) is 0 Å². The second-order valence-electron chi connectivity index (χ2n) is 7.25. The van der Waals surface area contributed by atoms with Crippen molar-refractivity contribution in [3.8, 4) is 0 Å². The van der Waals surface area contributed by atoms with Crippen molar-refractivity contribution >= 4 is 6.03 Å². The maximum atomic E-state index is 13.1. The van der Waals surface area contributed by atoms with Crippen molar-refractivity contribution in [2.45, 2.75) is 64.2 Å². The Morgan fingerprint density at radius 1 is 1.17 bits per heavy atom. The lowest BCUT2D eigenvalue weighted by atomic mass is 9.88. The number of nitrogens with one attached hydrogen (secondary N) is 1. The Morgan fingerprint density at radius 3 is 2.26 bits per heavy atom. The third-order valence-electron chi connectivity index (χ3n) is 5.29. The number of rotatable bonds is 3. The lowest BCUT2D eigenvalue weighted by Crippen LogP contribution is -2.55. The largest absolute Gasteiger partial charge is 0.394 e. The standard InChI is InChI=1S/C16H28F3N3O/c1-4-8-21-9-5-12(6-10-21)20-14(23)22-11-7-13(15(22,2)3)16(17,18)19/h12-13H,4-11H2,1-3H3,(H,20,23)/t13-/m1/s1. The molecular formula is C16H28F3N3O. The highest BCUT2D eigenvalue weighted by Crippen LogP contribution is 2.44. The Labute approximate surface area is 136 Å². The van der Waals surface area contributed by atoms with Gasteiger partial charge in [0.1, 0.15) is 0 Å². The summed E-state index contributed by atoms with van der Waals surface area (Å²) in [5, 5.41) is 2.94. The number of alkyl halides is 3. The zero-order chi connectivity index (χ0) is 17.3. The highest BCUT2D eigenvalue weighted by atomic mass is 19.4. The van der Waals surface area contributed by atoms with Crippen molar-refractivity contribution in [1.82, 2.24) is 15.1 Å². The van der Waals surface area contributed by atoms with Crippen LogP contribution in [0.2, 0.25) is 0 Å². The van der Waals surface area contributed by atoms with E-state index in [-0.39, 0.29) is 25.0 Å². The maximum absolute atomic E-state index is 13.1. The van der Waals surface area contributed by atoms with Gasteiger partial charge in [0, 0.05) is 25.7 Å². The van der Waals surface area contributed by atoms with Crippen LogP contribution in [0.3, 0.4) is 0 Å². The number of amides is 2. The first-order chi connectivity index (χ1) is 10.7. The molecule has 1 N–H and O–H groups in total. The Hall–Kier alpha value is -0.980. The van der Waals surface area contributed by atoms with Gasteiger partial charge in [-0.3, -0.25) is 0 Å². The molecule has 134 valence electrons. The molecule has 2 heterocycles. The van der Waals surface area contributed by atoms with E-state index in [0.29, 0.717) is 0 Å². The van der Waals surface area contributed by atoms with E-state index in [1.165, 1.54) is 18.7 Å². The van der Waals surface area contributed by atoms with E-state index in [4.69, 9.17) is 0 Å². The lowest BCUT2D eigenvalue weighted by Gasteiger charge is -2.38. The predicted octanol–water partition coefficient (Wildman–Crippen LogP) is 3.23. The van der Waals surface area contributed by atoms with Crippen LogP contribution in [0.25, 0.3) is 0 Å². The molecule has 0 unspecified atom stereocenters. The van der Waals surface area contributed by atoms with Crippen molar-refractivity contribution in [2.75, 3.05) is 26.2 Å². The monoisotopic (exact) mass is 335 g/mol. The molecule has 0 aromatic carbocycles. The Balaban J connectivity index is 1.90. The molecule has 0 aromatic heterocycles. The first kappa shape index (κ1) is 18.4. The van der Waals surface area contributed by atoms with Gasteiger partial charge in [-0.05, 0) is 46.1 Å². The third-order valence-corrected chi connectivity index (χ3v) is 5.29. The van der Waals surface area contributed by atoms with Crippen molar-refractivity contribution in [3.05, 3.63) is 0 Å². The first-order valence-electron chi connectivity index (χ1n) is 8.53. The van der Waals surface area contributed by atoms with Crippen LogP contribution >= 0.6 is 0 Å². The van der Waals surface area contributed by atoms with Gasteiger partial charge in [0.05, 0.1) is 11.5 Å². The SMILES string of the molecule is CCCN1CCC(NC(=O)N2CC[C@@H](C(F)(F)F)C2(C)C)CC1. The van der Waals surface area contributed by atoms with Gasteiger partial charge in [-0.1, -0.05) is 6.92 Å². The molecule has 4 nitrogen and oxygen atoms in total. The molecule has 2 fully saturated rings. The molecule has 2 aliphatic heterocycles. The summed E-state index contributed by atoms with van der Waals surface area (Å²) in [5.41, 5.74) is -1.19. The average Bonchev–Trinajstić information content (AvgIpc) is 2.76. The van der Waals surface area contributed by atoms with Gasteiger partial charge in [0.2, 0.25) is 0 Å². The summed E-state index contributed by atoms with van der Waals surface area (Å²) in [6.45, 7) is 8.27. The van der Waals surface area contributed by atoms with E-state index in [0.717, 1.165) is 38.9 Å². The molecule has 0 aromatic rings. The van der Waals surface area contributed by atoms with Gasteiger partial charge in [0.15, 0.2) is 0 Å². The highest BCUT2D eigenvalue weighted by molar-refractivity contribution is 5.76. The maximum Gasteiger partial charge on any atom is 0.394 e. The van der Waals surface area contributed by atoms with E-state index >= 15 is 0 Å². The minimum atomic E-state index is -4.26. The molecule has 2 saturated heterocycles. The van der Waals surface area contributed by atoms with Gasteiger partial charge in [0.25, 0.3) is 0 Å². The van der Waals surface area contributed by atoms with Crippen LogP contribution in [0.4, 0.5) is 18.0 Å². The van der Waals surface area contributed by atoms with Crippen molar-refractivity contribution in [3.63, 3.8) is 0 Å². The number of urea groups is 1. The van der Waals surface area contributed by atoms with Gasteiger partial charge < -0.3 is 15.1 Å². The molecule has 0 aliphatic carbocycles. The molecule has 2 rings (SSSR count).